The van der Waals surface area contributed by atoms with E-state index in [0.29, 0.717) is 13.1 Å². The van der Waals surface area contributed by atoms with Crippen molar-refractivity contribution < 1.29 is 27.7 Å². The number of non-ortho nitro benzene ring substituents is 1. The molecule has 0 spiro atoms. The van der Waals surface area contributed by atoms with Gasteiger partial charge in [0.2, 0.25) is 10.0 Å². The third-order valence-electron chi connectivity index (χ3n) is 5.12. The lowest BCUT2D eigenvalue weighted by Gasteiger charge is -2.25. The molecule has 0 aromatic heterocycles. The van der Waals surface area contributed by atoms with Gasteiger partial charge in [0.25, 0.3) is 11.6 Å². The van der Waals surface area contributed by atoms with E-state index < -0.39 is 32.9 Å². The quantitative estimate of drug-likeness (QED) is 0.352. The fraction of sp³-hybridized carbons (Fsp3) is 0.333. The molecule has 1 amide bonds. The number of amides is 1. The number of rotatable bonds is 7. The fourth-order valence-electron chi connectivity index (χ4n) is 3.25. The van der Waals surface area contributed by atoms with Crippen molar-refractivity contribution in [1.29, 1.82) is 0 Å². The van der Waals surface area contributed by atoms with Crippen LogP contribution in [0.25, 0.3) is 0 Å². The van der Waals surface area contributed by atoms with E-state index in [1.165, 1.54) is 47.6 Å². The standard InChI is InChI=1S/C21H22ClN3O7S/c1-14(20(26)23-19-10-7-16(25(28)29)13-18(19)22)32-21(27)15-5-8-17(9-6-15)33(30,31)24-11-3-2-4-12-24/h5-10,13-14H,2-4,11-12H2,1H3,(H,23,26). The van der Waals surface area contributed by atoms with Crippen molar-refractivity contribution in [1.82, 2.24) is 4.31 Å². The first kappa shape index (κ1) is 24.6. The Hall–Kier alpha value is -3.02. The molecule has 1 fully saturated rings. The lowest BCUT2D eigenvalue weighted by Crippen LogP contribution is -2.35. The van der Waals surface area contributed by atoms with E-state index in [-0.39, 0.29) is 26.9 Å². The zero-order chi connectivity index (χ0) is 24.2. The minimum Gasteiger partial charge on any atom is -0.449 e. The highest BCUT2D eigenvalue weighted by Crippen LogP contribution is 2.27. The van der Waals surface area contributed by atoms with Gasteiger partial charge in [0.1, 0.15) is 0 Å². The second-order valence-electron chi connectivity index (χ2n) is 7.45. The molecule has 33 heavy (non-hydrogen) atoms. The monoisotopic (exact) mass is 495 g/mol. The molecule has 176 valence electrons. The lowest BCUT2D eigenvalue weighted by molar-refractivity contribution is -0.384. The Morgan fingerprint density at radius 1 is 1.12 bits per heavy atom. The largest absolute Gasteiger partial charge is 0.449 e. The number of sulfonamides is 1. The molecule has 0 bridgehead atoms. The van der Waals surface area contributed by atoms with E-state index in [9.17, 15) is 28.1 Å². The average Bonchev–Trinajstić information content (AvgIpc) is 2.80. The number of hydrogen-bond acceptors (Lipinski definition) is 7. The Morgan fingerprint density at radius 3 is 2.33 bits per heavy atom. The number of piperidine rings is 1. The molecule has 2 aromatic carbocycles. The van der Waals surface area contributed by atoms with Gasteiger partial charge in [-0.15, -0.1) is 0 Å². The molecule has 1 aliphatic heterocycles. The Morgan fingerprint density at radius 2 is 1.76 bits per heavy atom. The van der Waals surface area contributed by atoms with Crippen molar-refractivity contribution in [3.63, 3.8) is 0 Å². The van der Waals surface area contributed by atoms with Gasteiger partial charge in [-0.2, -0.15) is 4.31 Å². The third kappa shape index (κ3) is 5.86. The highest BCUT2D eigenvalue weighted by molar-refractivity contribution is 7.89. The van der Waals surface area contributed by atoms with Crippen molar-refractivity contribution in [3.8, 4) is 0 Å². The number of nitrogens with zero attached hydrogens (tertiary/aromatic N) is 2. The molecule has 12 heteroatoms. The van der Waals surface area contributed by atoms with Crippen molar-refractivity contribution in [3.05, 3.63) is 63.2 Å². The number of nitrogens with one attached hydrogen (secondary N) is 1. The number of ether oxygens (including phenoxy) is 1. The van der Waals surface area contributed by atoms with Gasteiger partial charge in [-0.3, -0.25) is 14.9 Å². The molecule has 0 radical (unpaired) electrons. The smallest absolute Gasteiger partial charge is 0.338 e. The minimum absolute atomic E-state index is 0.0402. The van der Waals surface area contributed by atoms with Gasteiger partial charge in [0.15, 0.2) is 6.10 Å². The summed E-state index contributed by atoms with van der Waals surface area (Å²) in [5, 5.41) is 13.2. The zero-order valence-electron chi connectivity index (χ0n) is 17.7. The van der Waals surface area contributed by atoms with Crippen LogP contribution in [0.4, 0.5) is 11.4 Å². The van der Waals surface area contributed by atoms with E-state index in [1.807, 2.05) is 0 Å². The number of esters is 1. The Bertz CT molecular complexity index is 1160. The number of nitro groups is 1. The molecule has 1 N–H and O–H groups in total. The molecule has 1 aliphatic rings. The number of benzene rings is 2. The first-order chi connectivity index (χ1) is 15.6. The number of halogens is 1. The summed E-state index contributed by atoms with van der Waals surface area (Å²) in [5.41, 5.74) is -0.0220. The number of carbonyl (C=O) groups excluding carboxylic acids is 2. The molecule has 3 rings (SSSR count). The van der Waals surface area contributed by atoms with Crippen LogP contribution in [-0.2, 0) is 19.6 Å². The van der Waals surface area contributed by atoms with Gasteiger partial charge in [0.05, 0.1) is 26.1 Å². The first-order valence-corrected chi connectivity index (χ1v) is 12.0. The summed E-state index contributed by atoms with van der Waals surface area (Å²) in [7, 11) is -3.63. The van der Waals surface area contributed by atoms with Gasteiger partial charge in [-0.1, -0.05) is 18.0 Å². The number of carbonyl (C=O) groups is 2. The molecule has 0 saturated carbocycles. The molecule has 10 nitrogen and oxygen atoms in total. The van der Waals surface area contributed by atoms with Crippen LogP contribution in [0.3, 0.4) is 0 Å². The van der Waals surface area contributed by atoms with Crippen LogP contribution < -0.4 is 5.32 Å². The van der Waals surface area contributed by atoms with E-state index in [2.05, 4.69) is 5.32 Å². The lowest BCUT2D eigenvalue weighted by atomic mass is 10.2. The summed E-state index contributed by atoms with van der Waals surface area (Å²) in [6.07, 6.45) is 1.42. The third-order valence-corrected chi connectivity index (χ3v) is 7.34. The maximum Gasteiger partial charge on any atom is 0.338 e. The fourth-order valence-corrected chi connectivity index (χ4v) is 4.99. The number of anilines is 1. The molecule has 1 unspecified atom stereocenters. The highest BCUT2D eigenvalue weighted by atomic mass is 35.5. The molecule has 1 atom stereocenters. The van der Waals surface area contributed by atoms with E-state index in [4.69, 9.17) is 16.3 Å². The van der Waals surface area contributed by atoms with E-state index in [1.54, 1.807) is 0 Å². The van der Waals surface area contributed by atoms with Crippen LogP contribution in [0.5, 0.6) is 0 Å². The van der Waals surface area contributed by atoms with Crippen LogP contribution in [0, 0.1) is 10.1 Å². The van der Waals surface area contributed by atoms with Crippen LogP contribution in [0.1, 0.15) is 36.5 Å². The van der Waals surface area contributed by atoms with Crippen molar-refractivity contribution in [2.24, 2.45) is 0 Å². The normalized spacial score (nSPS) is 15.5. The summed E-state index contributed by atoms with van der Waals surface area (Å²) in [4.78, 5) is 35.0. The van der Waals surface area contributed by atoms with Gasteiger partial charge in [-0.05, 0) is 50.1 Å². The van der Waals surface area contributed by atoms with E-state index >= 15 is 0 Å². The predicted octanol–water partition coefficient (Wildman–Crippen LogP) is 3.61. The maximum atomic E-state index is 12.7. The SMILES string of the molecule is CC(OC(=O)c1ccc(S(=O)(=O)N2CCCCC2)cc1)C(=O)Nc1ccc([N+](=O)[O-])cc1Cl. The van der Waals surface area contributed by atoms with Crippen molar-refractivity contribution in [2.75, 3.05) is 18.4 Å². The predicted molar refractivity (Wildman–Crippen MR) is 121 cm³/mol. The van der Waals surface area contributed by atoms with Gasteiger partial charge in [-0.25, -0.2) is 13.2 Å². The molecule has 0 aliphatic carbocycles. The molecule has 1 heterocycles. The number of nitro benzene ring substituents is 1. The van der Waals surface area contributed by atoms with Crippen LogP contribution in [0.2, 0.25) is 5.02 Å². The van der Waals surface area contributed by atoms with Crippen molar-refractivity contribution in [2.45, 2.75) is 37.2 Å². The van der Waals surface area contributed by atoms with Crippen molar-refractivity contribution >= 4 is 44.9 Å². The topological polar surface area (TPSA) is 136 Å². The van der Waals surface area contributed by atoms with Gasteiger partial charge in [0, 0.05) is 25.2 Å². The van der Waals surface area contributed by atoms with Crippen LogP contribution in [-0.4, -0.2) is 48.7 Å². The Balaban J connectivity index is 1.62. The average molecular weight is 496 g/mol. The van der Waals surface area contributed by atoms with Gasteiger partial charge >= 0.3 is 5.97 Å². The van der Waals surface area contributed by atoms with E-state index in [0.717, 1.165) is 25.3 Å². The van der Waals surface area contributed by atoms with Crippen LogP contribution >= 0.6 is 11.6 Å². The maximum absolute atomic E-state index is 12.7. The second kappa shape index (κ2) is 10.3. The Labute approximate surface area is 195 Å². The summed E-state index contributed by atoms with van der Waals surface area (Å²) >= 11 is 5.95. The zero-order valence-corrected chi connectivity index (χ0v) is 19.3. The summed E-state index contributed by atoms with van der Waals surface area (Å²) in [5.74, 6) is -1.50. The summed E-state index contributed by atoms with van der Waals surface area (Å²) in [6.45, 7) is 2.29. The summed E-state index contributed by atoms with van der Waals surface area (Å²) < 4.78 is 32.0. The summed E-state index contributed by atoms with van der Waals surface area (Å²) in [6, 6.07) is 8.87. The molecular formula is C21H22ClN3O7S. The van der Waals surface area contributed by atoms with Gasteiger partial charge < -0.3 is 10.1 Å². The Kier molecular flexibility index (Phi) is 7.67. The minimum atomic E-state index is -3.63. The molecular weight excluding hydrogens is 474 g/mol. The number of hydrogen-bond donors (Lipinski definition) is 1. The van der Waals surface area contributed by atoms with Crippen LogP contribution in [0.15, 0.2) is 47.4 Å². The first-order valence-electron chi connectivity index (χ1n) is 10.2. The molecule has 1 saturated heterocycles. The molecule has 2 aromatic rings. The second-order valence-corrected chi connectivity index (χ2v) is 9.79. The highest BCUT2D eigenvalue weighted by Gasteiger charge is 2.26.